The Kier molecular flexibility index (Phi) is 4.45. The first-order valence-electron chi connectivity index (χ1n) is 7.31. The second-order valence-electron chi connectivity index (χ2n) is 5.52. The number of carbonyl (C=O) groups excluding carboxylic acids is 1. The third-order valence-electron chi connectivity index (χ3n) is 4.08. The van der Waals surface area contributed by atoms with Crippen LogP contribution in [0.15, 0.2) is 42.9 Å². The number of rotatable bonds is 4. The third kappa shape index (κ3) is 3.31. The molecular weight excluding hydrogens is 302 g/mol. The molecule has 1 fully saturated rings. The predicted molar refractivity (Wildman–Crippen MR) is 85.0 cm³/mol. The minimum Gasteiger partial charge on any atom is -0.381 e. The van der Waals surface area contributed by atoms with Gasteiger partial charge in [0.15, 0.2) is 0 Å². The van der Waals surface area contributed by atoms with Crippen LogP contribution in [0.5, 0.6) is 0 Å². The lowest BCUT2D eigenvalue weighted by atomic mass is 9.86. The highest BCUT2D eigenvalue weighted by Crippen LogP contribution is 2.33. The highest BCUT2D eigenvalue weighted by molar-refractivity contribution is 6.29. The number of ether oxygens (including phenoxy) is 1. The van der Waals surface area contributed by atoms with E-state index >= 15 is 0 Å². The molecule has 2 aromatic heterocycles. The van der Waals surface area contributed by atoms with Crippen molar-refractivity contribution < 1.29 is 9.53 Å². The van der Waals surface area contributed by atoms with Crippen LogP contribution in [0.4, 0.5) is 5.69 Å². The molecule has 1 amide bonds. The summed E-state index contributed by atoms with van der Waals surface area (Å²) in [6, 6.07) is 7.38. The molecule has 1 aliphatic rings. The van der Waals surface area contributed by atoms with Gasteiger partial charge in [-0.15, -0.1) is 0 Å². The van der Waals surface area contributed by atoms with E-state index < -0.39 is 0 Å². The normalized spacial score (nSPS) is 17.1. The van der Waals surface area contributed by atoms with E-state index in [1.165, 1.54) is 0 Å². The van der Waals surface area contributed by atoms with Crippen molar-refractivity contribution in [3.63, 3.8) is 0 Å². The number of nitrogens with one attached hydrogen (secondary N) is 1. The molecule has 0 aromatic carbocycles. The summed E-state index contributed by atoms with van der Waals surface area (Å²) in [4.78, 5) is 16.4. The van der Waals surface area contributed by atoms with Crippen LogP contribution in [0.1, 0.15) is 19.3 Å². The van der Waals surface area contributed by atoms with Crippen LogP contribution in [0.3, 0.4) is 0 Å². The van der Waals surface area contributed by atoms with Crippen LogP contribution >= 0.6 is 11.6 Å². The van der Waals surface area contributed by atoms with Gasteiger partial charge >= 0.3 is 0 Å². The number of amides is 1. The highest BCUT2D eigenvalue weighted by Gasteiger charge is 2.36. The van der Waals surface area contributed by atoms with Gasteiger partial charge in [0.2, 0.25) is 5.91 Å². The zero-order chi connectivity index (χ0) is 15.4. The lowest BCUT2D eigenvalue weighted by Gasteiger charge is -2.38. The largest absolute Gasteiger partial charge is 0.381 e. The predicted octanol–water partition coefficient (Wildman–Crippen LogP) is 3.07. The van der Waals surface area contributed by atoms with Crippen LogP contribution in [0, 0.1) is 0 Å². The molecule has 0 aliphatic carbocycles. The van der Waals surface area contributed by atoms with Gasteiger partial charge in [0, 0.05) is 25.6 Å². The number of halogens is 1. The van der Waals surface area contributed by atoms with E-state index in [0.717, 1.165) is 12.8 Å². The summed E-state index contributed by atoms with van der Waals surface area (Å²) in [5, 5.41) is 3.30. The highest BCUT2D eigenvalue weighted by atomic mass is 35.5. The summed E-state index contributed by atoms with van der Waals surface area (Å²) in [7, 11) is 0. The summed E-state index contributed by atoms with van der Waals surface area (Å²) in [6.07, 6.45) is 7.66. The van der Waals surface area contributed by atoms with Crippen LogP contribution in [0.25, 0.3) is 0 Å². The Morgan fingerprint density at radius 1 is 1.32 bits per heavy atom. The number of hydrogen-bond acceptors (Lipinski definition) is 3. The number of anilines is 1. The summed E-state index contributed by atoms with van der Waals surface area (Å²) < 4.78 is 7.60. The molecular formula is C16H18ClN3O2. The molecule has 3 heterocycles. The minimum atomic E-state index is -0.217. The monoisotopic (exact) mass is 319 g/mol. The van der Waals surface area contributed by atoms with E-state index in [9.17, 15) is 4.79 Å². The Morgan fingerprint density at radius 3 is 2.68 bits per heavy atom. The number of hydrogen-bond donors (Lipinski definition) is 1. The molecule has 6 heteroatoms. The number of aromatic nitrogens is 2. The van der Waals surface area contributed by atoms with Gasteiger partial charge in [-0.2, -0.15) is 0 Å². The smallest absolute Gasteiger partial charge is 0.226 e. The maximum atomic E-state index is 12.4. The van der Waals surface area contributed by atoms with Gasteiger partial charge in [-0.25, -0.2) is 4.98 Å². The van der Waals surface area contributed by atoms with Crippen molar-refractivity contribution in [2.45, 2.75) is 24.8 Å². The van der Waals surface area contributed by atoms with Crippen molar-refractivity contribution >= 4 is 23.2 Å². The Labute approximate surface area is 134 Å². The first-order valence-corrected chi connectivity index (χ1v) is 7.68. The van der Waals surface area contributed by atoms with E-state index in [2.05, 4.69) is 14.9 Å². The molecule has 1 aliphatic heterocycles. The Hall–Kier alpha value is -1.85. The Balaban J connectivity index is 1.73. The quantitative estimate of drug-likeness (QED) is 0.881. The van der Waals surface area contributed by atoms with Gasteiger partial charge < -0.3 is 14.6 Å². The average molecular weight is 320 g/mol. The van der Waals surface area contributed by atoms with Crippen LogP contribution in [0.2, 0.25) is 5.15 Å². The molecule has 22 heavy (non-hydrogen) atoms. The van der Waals surface area contributed by atoms with Crippen LogP contribution in [-0.2, 0) is 15.1 Å². The van der Waals surface area contributed by atoms with Gasteiger partial charge in [-0.05, 0) is 37.1 Å². The molecule has 0 radical (unpaired) electrons. The summed E-state index contributed by atoms with van der Waals surface area (Å²) in [5.41, 5.74) is 0.440. The molecule has 1 N–H and O–H groups in total. The summed E-state index contributed by atoms with van der Waals surface area (Å²) in [5.74, 6) is -0.0280. The third-order valence-corrected chi connectivity index (χ3v) is 4.30. The molecule has 0 spiro atoms. The number of pyridine rings is 1. The molecule has 2 aromatic rings. The first kappa shape index (κ1) is 15.1. The SMILES string of the molecule is O=C(CC1(n2cccc2)CCOCC1)Nc1ccc(Cl)nc1. The van der Waals surface area contributed by atoms with Gasteiger partial charge in [-0.3, -0.25) is 4.79 Å². The fourth-order valence-corrected chi connectivity index (χ4v) is 2.99. The maximum absolute atomic E-state index is 12.4. The van der Waals surface area contributed by atoms with Crippen molar-refractivity contribution in [1.29, 1.82) is 0 Å². The van der Waals surface area contributed by atoms with E-state index in [1.54, 1.807) is 18.3 Å². The van der Waals surface area contributed by atoms with E-state index in [0.29, 0.717) is 30.5 Å². The van der Waals surface area contributed by atoms with Gasteiger partial charge in [0.1, 0.15) is 5.15 Å². The number of nitrogens with zero attached hydrogens (tertiary/aromatic N) is 2. The molecule has 0 atom stereocenters. The number of carbonyl (C=O) groups is 1. The molecule has 0 unspecified atom stereocenters. The lowest BCUT2D eigenvalue weighted by Crippen LogP contribution is -2.42. The van der Waals surface area contributed by atoms with E-state index in [4.69, 9.17) is 16.3 Å². The van der Waals surface area contributed by atoms with Gasteiger partial charge in [0.05, 0.1) is 23.8 Å². The average Bonchev–Trinajstić information content (AvgIpc) is 3.05. The zero-order valence-corrected chi connectivity index (χ0v) is 12.9. The van der Waals surface area contributed by atoms with E-state index in [1.807, 2.05) is 24.5 Å². The molecule has 1 saturated heterocycles. The second-order valence-corrected chi connectivity index (χ2v) is 5.91. The van der Waals surface area contributed by atoms with E-state index in [-0.39, 0.29) is 11.4 Å². The van der Waals surface area contributed by atoms with Crippen LogP contribution < -0.4 is 5.32 Å². The lowest BCUT2D eigenvalue weighted by molar-refractivity contribution is -0.119. The zero-order valence-electron chi connectivity index (χ0n) is 12.2. The standard InChI is InChI=1S/C16H18ClN3O2/c17-14-4-3-13(12-18-14)19-15(21)11-16(5-9-22-10-6-16)20-7-1-2-8-20/h1-4,7-8,12H,5-6,9-11H2,(H,19,21). The van der Waals surface area contributed by atoms with Crippen molar-refractivity contribution in [2.24, 2.45) is 0 Å². The molecule has 0 bridgehead atoms. The minimum absolute atomic E-state index is 0.0280. The molecule has 5 nitrogen and oxygen atoms in total. The van der Waals surface area contributed by atoms with Crippen molar-refractivity contribution in [3.05, 3.63) is 48.0 Å². The molecule has 3 rings (SSSR count). The maximum Gasteiger partial charge on any atom is 0.226 e. The summed E-state index contributed by atoms with van der Waals surface area (Å²) >= 11 is 5.75. The molecule has 116 valence electrons. The Morgan fingerprint density at radius 2 is 2.05 bits per heavy atom. The van der Waals surface area contributed by atoms with Crippen molar-refractivity contribution in [1.82, 2.24) is 9.55 Å². The van der Waals surface area contributed by atoms with Gasteiger partial charge in [0.25, 0.3) is 0 Å². The molecule has 0 saturated carbocycles. The summed E-state index contributed by atoms with van der Waals surface area (Å²) in [6.45, 7) is 1.35. The fourth-order valence-electron chi connectivity index (χ4n) is 2.88. The first-order chi connectivity index (χ1) is 10.7. The van der Waals surface area contributed by atoms with Crippen LogP contribution in [-0.4, -0.2) is 28.7 Å². The van der Waals surface area contributed by atoms with Crippen molar-refractivity contribution in [2.75, 3.05) is 18.5 Å². The van der Waals surface area contributed by atoms with Crippen molar-refractivity contribution in [3.8, 4) is 0 Å². The Bertz CT molecular complexity index is 619. The van der Waals surface area contributed by atoms with Gasteiger partial charge in [-0.1, -0.05) is 11.6 Å². The fraction of sp³-hybridized carbons (Fsp3) is 0.375. The topological polar surface area (TPSA) is 56.1 Å². The second kappa shape index (κ2) is 6.50.